The van der Waals surface area contributed by atoms with Crippen molar-refractivity contribution in [1.29, 1.82) is 0 Å². The van der Waals surface area contributed by atoms with E-state index in [1.54, 1.807) is 6.92 Å². The standard InChI is InChI=1S/C30H39N5O2/c1-22-9-11-25(12-10-22)30-27-21-34(24(3)36)14-13-29(27)35(31-30)20-26(37-4)19-32-15-17-33(18-16-32)28-8-6-5-7-23(28)2/h5-12,26H,13-21H2,1-4H3. The van der Waals surface area contributed by atoms with E-state index in [0.29, 0.717) is 13.1 Å². The number of aryl methyl sites for hydroxylation is 2. The van der Waals surface area contributed by atoms with Crippen molar-refractivity contribution in [3.05, 3.63) is 70.9 Å². The van der Waals surface area contributed by atoms with Crippen molar-refractivity contribution in [2.75, 3.05) is 51.3 Å². The van der Waals surface area contributed by atoms with Gasteiger partial charge in [-0.25, -0.2) is 0 Å². The second-order valence-electron chi connectivity index (χ2n) is 10.4. The zero-order valence-electron chi connectivity index (χ0n) is 22.6. The molecule has 1 atom stereocenters. The summed E-state index contributed by atoms with van der Waals surface area (Å²) in [6, 6.07) is 17.2. The van der Waals surface area contributed by atoms with Crippen LogP contribution in [-0.2, 0) is 29.0 Å². The zero-order valence-corrected chi connectivity index (χ0v) is 22.6. The summed E-state index contributed by atoms with van der Waals surface area (Å²) in [5, 5.41) is 5.10. The second-order valence-corrected chi connectivity index (χ2v) is 10.4. The van der Waals surface area contributed by atoms with E-state index < -0.39 is 0 Å². The molecule has 0 radical (unpaired) electrons. The highest BCUT2D eigenvalue weighted by molar-refractivity contribution is 5.74. The third kappa shape index (κ3) is 5.58. The van der Waals surface area contributed by atoms with Crippen LogP contribution in [0.3, 0.4) is 0 Å². The number of amides is 1. The molecule has 1 amide bonds. The van der Waals surface area contributed by atoms with E-state index in [9.17, 15) is 4.79 Å². The molecule has 1 saturated heterocycles. The van der Waals surface area contributed by atoms with Crippen LogP contribution < -0.4 is 4.90 Å². The highest BCUT2D eigenvalue weighted by atomic mass is 16.5. The predicted molar refractivity (Wildman–Crippen MR) is 148 cm³/mol. The molecule has 3 heterocycles. The summed E-state index contributed by atoms with van der Waals surface area (Å²) >= 11 is 0. The molecule has 0 N–H and O–H groups in total. The second kappa shape index (κ2) is 11.1. The van der Waals surface area contributed by atoms with Crippen LogP contribution >= 0.6 is 0 Å². The number of carbonyl (C=O) groups is 1. The Bertz CT molecular complexity index is 1230. The van der Waals surface area contributed by atoms with Crippen molar-refractivity contribution >= 4 is 11.6 Å². The van der Waals surface area contributed by atoms with Gasteiger partial charge in [-0.3, -0.25) is 14.4 Å². The first-order valence-electron chi connectivity index (χ1n) is 13.4. The Morgan fingerprint density at radius 3 is 2.38 bits per heavy atom. The molecule has 1 unspecified atom stereocenters. The summed E-state index contributed by atoms with van der Waals surface area (Å²) in [5.41, 5.74) is 8.41. The van der Waals surface area contributed by atoms with Crippen molar-refractivity contribution in [3.8, 4) is 11.3 Å². The lowest BCUT2D eigenvalue weighted by atomic mass is 10.00. The van der Waals surface area contributed by atoms with Crippen molar-refractivity contribution in [1.82, 2.24) is 19.6 Å². The number of hydrogen-bond donors (Lipinski definition) is 0. The molecule has 2 aromatic carbocycles. The van der Waals surface area contributed by atoms with Gasteiger partial charge in [0.05, 0.1) is 18.3 Å². The van der Waals surface area contributed by atoms with Crippen LogP contribution in [0.15, 0.2) is 48.5 Å². The van der Waals surface area contributed by atoms with Gasteiger partial charge in [0.25, 0.3) is 0 Å². The number of fused-ring (bicyclic) bond motifs is 1. The Labute approximate surface area is 220 Å². The number of hydrogen-bond acceptors (Lipinski definition) is 5. The van der Waals surface area contributed by atoms with Crippen LogP contribution in [-0.4, -0.2) is 78.0 Å². The van der Waals surface area contributed by atoms with E-state index in [1.165, 1.54) is 28.1 Å². The van der Waals surface area contributed by atoms with Crippen LogP contribution in [0.2, 0.25) is 0 Å². The van der Waals surface area contributed by atoms with Gasteiger partial charge in [-0.1, -0.05) is 48.0 Å². The van der Waals surface area contributed by atoms with Gasteiger partial charge in [0.15, 0.2) is 0 Å². The fraction of sp³-hybridized carbons (Fsp3) is 0.467. The first-order chi connectivity index (χ1) is 17.9. The number of para-hydroxylation sites is 1. The molecule has 37 heavy (non-hydrogen) atoms. The number of piperazine rings is 1. The van der Waals surface area contributed by atoms with Gasteiger partial charge in [0.1, 0.15) is 0 Å². The Morgan fingerprint density at radius 1 is 0.973 bits per heavy atom. The Balaban J connectivity index is 1.30. The molecule has 1 fully saturated rings. The molecule has 7 heteroatoms. The summed E-state index contributed by atoms with van der Waals surface area (Å²) in [5.74, 6) is 0.118. The molecule has 196 valence electrons. The first kappa shape index (κ1) is 25.5. The number of nitrogens with zero attached hydrogens (tertiary/aromatic N) is 5. The Kier molecular flexibility index (Phi) is 7.63. The SMILES string of the molecule is COC(CN1CCN(c2ccccc2C)CC1)Cn1nc(-c2ccc(C)cc2)c2c1CCN(C(C)=O)C2. The van der Waals surface area contributed by atoms with Crippen LogP contribution in [0.25, 0.3) is 11.3 Å². The van der Waals surface area contributed by atoms with Crippen molar-refractivity contribution in [2.45, 2.75) is 46.4 Å². The largest absolute Gasteiger partial charge is 0.378 e. The number of rotatable bonds is 7. The number of aromatic nitrogens is 2. The normalized spacial score (nSPS) is 17.1. The molecule has 1 aromatic heterocycles. The van der Waals surface area contributed by atoms with E-state index in [4.69, 9.17) is 9.84 Å². The minimum Gasteiger partial charge on any atom is -0.378 e. The minimum atomic E-state index is 0.0470. The molecule has 2 aliphatic heterocycles. The Morgan fingerprint density at radius 2 is 1.70 bits per heavy atom. The van der Waals surface area contributed by atoms with E-state index in [0.717, 1.165) is 56.9 Å². The maximum absolute atomic E-state index is 12.2. The molecular weight excluding hydrogens is 462 g/mol. The highest BCUT2D eigenvalue weighted by Crippen LogP contribution is 2.31. The average Bonchev–Trinajstić information content (AvgIpc) is 3.27. The van der Waals surface area contributed by atoms with Gasteiger partial charge in [-0.05, 0) is 25.5 Å². The van der Waals surface area contributed by atoms with Crippen LogP contribution in [0, 0.1) is 13.8 Å². The lowest BCUT2D eigenvalue weighted by molar-refractivity contribution is -0.129. The van der Waals surface area contributed by atoms with Crippen molar-refractivity contribution < 1.29 is 9.53 Å². The summed E-state index contributed by atoms with van der Waals surface area (Å²) in [6.45, 7) is 13.0. The highest BCUT2D eigenvalue weighted by Gasteiger charge is 2.28. The topological polar surface area (TPSA) is 53.8 Å². The van der Waals surface area contributed by atoms with E-state index >= 15 is 0 Å². The fourth-order valence-corrected chi connectivity index (χ4v) is 5.63. The van der Waals surface area contributed by atoms with Gasteiger partial charge in [-0.15, -0.1) is 0 Å². The summed E-state index contributed by atoms with van der Waals surface area (Å²) < 4.78 is 8.14. The predicted octanol–water partition coefficient (Wildman–Crippen LogP) is 3.91. The number of benzene rings is 2. The third-order valence-corrected chi connectivity index (χ3v) is 7.90. The average molecular weight is 502 g/mol. The van der Waals surface area contributed by atoms with Crippen LogP contribution in [0.4, 0.5) is 5.69 Å². The quantitative estimate of drug-likeness (QED) is 0.491. The molecule has 0 saturated carbocycles. The molecule has 7 nitrogen and oxygen atoms in total. The molecule has 5 rings (SSSR count). The molecule has 0 spiro atoms. The third-order valence-electron chi connectivity index (χ3n) is 7.90. The number of ether oxygens (including phenoxy) is 1. The van der Waals surface area contributed by atoms with Crippen molar-refractivity contribution in [2.24, 2.45) is 0 Å². The van der Waals surface area contributed by atoms with Crippen molar-refractivity contribution in [3.63, 3.8) is 0 Å². The van der Waals surface area contributed by atoms with Gasteiger partial charge < -0.3 is 14.5 Å². The van der Waals surface area contributed by atoms with Crippen LogP contribution in [0.5, 0.6) is 0 Å². The summed E-state index contributed by atoms with van der Waals surface area (Å²) in [6.07, 6.45) is 0.866. The lowest BCUT2D eigenvalue weighted by Crippen LogP contribution is -2.49. The molecular formula is C30H39N5O2. The van der Waals surface area contributed by atoms with E-state index in [2.05, 4.69) is 76.9 Å². The Hall–Kier alpha value is -3.16. The first-order valence-corrected chi connectivity index (χ1v) is 13.4. The monoisotopic (exact) mass is 501 g/mol. The zero-order chi connectivity index (χ0) is 25.9. The van der Waals surface area contributed by atoms with Gasteiger partial charge >= 0.3 is 0 Å². The minimum absolute atomic E-state index is 0.0470. The molecule has 0 aliphatic carbocycles. The van der Waals surface area contributed by atoms with Crippen LogP contribution in [0.1, 0.15) is 29.3 Å². The number of methoxy groups -OCH3 is 1. The maximum atomic E-state index is 12.2. The summed E-state index contributed by atoms with van der Waals surface area (Å²) in [4.78, 5) is 19.1. The maximum Gasteiger partial charge on any atom is 0.219 e. The lowest BCUT2D eigenvalue weighted by Gasteiger charge is -2.38. The molecule has 0 bridgehead atoms. The fourth-order valence-electron chi connectivity index (χ4n) is 5.63. The van der Waals surface area contributed by atoms with Gasteiger partial charge in [-0.2, -0.15) is 5.10 Å². The number of carbonyl (C=O) groups excluding carboxylic acids is 1. The smallest absolute Gasteiger partial charge is 0.219 e. The summed E-state index contributed by atoms with van der Waals surface area (Å²) in [7, 11) is 1.81. The van der Waals surface area contributed by atoms with E-state index in [1.807, 2.05) is 12.0 Å². The number of anilines is 1. The molecule has 2 aliphatic rings. The van der Waals surface area contributed by atoms with Gasteiger partial charge in [0, 0.05) is 88.8 Å². The van der Waals surface area contributed by atoms with Gasteiger partial charge in [0.2, 0.25) is 5.91 Å². The van der Waals surface area contributed by atoms with E-state index in [-0.39, 0.29) is 12.0 Å². The molecule has 3 aromatic rings.